The third-order valence-electron chi connectivity index (χ3n) is 5.69. The van der Waals surface area contributed by atoms with Crippen LogP contribution in [-0.2, 0) is 9.53 Å². The number of fused-ring (bicyclic) bond motifs is 1. The molecule has 0 saturated carbocycles. The molecular formula is C28H23N3O3. The van der Waals surface area contributed by atoms with Crippen LogP contribution < -0.4 is 5.32 Å². The molecule has 0 saturated heterocycles. The van der Waals surface area contributed by atoms with Crippen LogP contribution in [0.3, 0.4) is 0 Å². The fraction of sp³-hybridized carbons (Fsp3) is 0.107. The Bertz CT molecular complexity index is 1470. The van der Waals surface area contributed by atoms with E-state index in [2.05, 4.69) is 5.32 Å². The number of aromatic nitrogens is 1. The number of benzene rings is 3. The lowest BCUT2D eigenvalue weighted by Crippen LogP contribution is -2.13. The number of methoxy groups -OCH3 is 1. The van der Waals surface area contributed by atoms with Gasteiger partial charge in [0.2, 0.25) is 0 Å². The predicted molar refractivity (Wildman–Crippen MR) is 133 cm³/mol. The van der Waals surface area contributed by atoms with Crippen molar-refractivity contribution < 1.29 is 14.3 Å². The molecule has 0 aliphatic heterocycles. The summed E-state index contributed by atoms with van der Waals surface area (Å²) in [5.41, 5.74) is 4.53. The Labute approximate surface area is 197 Å². The third-order valence-corrected chi connectivity index (χ3v) is 5.69. The number of carbonyl (C=O) groups excluding carboxylic acids is 2. The average Bonchev–Trinajstić information content (AvgIpc) is 3.14. The topological polar surface area (TPSA) is 84.1 Å². The first-order chi connectivity index (χ1) is 16.4. The van der Waals surface area contributed by atoms with Gasteiger partial charge in [0, 0.05) is 22.8 Å². The molecule has 4 rings (SSSR count). The number of hydrogen-bond acceptors (Lipinski definition) is 4. The van der Waals surface area contributed by atoms with Gasteiger partial charge in [-0.1, -0.05) is 30.3 Å². The minimum atomic E-state index is -0.468. The van der Waals surface area contributed by atoms with Gasteiger partial charge in [-0.2, -0.15) is 5.26 Å². The Kier molecular flexibility index (Phi) is 6.28. The molecule has 1 heterocycles. The number of rotatable bonds is 5. The van der Waals surface area contributed by atoms with Crippen molar-refractivity contribution in [1.29, 1.82) is 5.26 Å². The minimum Gasteiger partial charge on any atom is -0.465 e. The number of anilines is 1. The molecule has 1 N–H and O–H groups in total. The van der Waals surface area contributed by atoms with E-state index in [1.54, 1.807) is 18.2 Å². The van der Waals surface area contributed by atoms with E-state index in [1.807, 2.05) is 85.1 Å². The molecular weight excluding hydrogens is 426 g/mol. The number of carbonyl (C=O) groups is 2. The number of amides is 1. The van der Waals surface area contributed by atoms with Gasteiger partial charge in [-0.15, -0.1) is 0 Å². The highest BCUT2D eigenvalue weighted by atomic mass is 16.5. The minimum absolute atomic E-state index is 0.00875. The van der Waals surface area contributed by atoms with Gasteiger partial charge in [0.25, 0.3) is 5.91 Å². The van der Waals surface area contributed by atoms with Crippen LogP contribution in [0.2, 0.25) is 0 Å². The van der Waals surface area contributed by atoms with Crippen molar-refractivity contribution in [3.8, 4) is 11.8 Å². The molecule has 168 valence electrons. The predicted octanol–water partition coefficient (Wildman–Crippen LogP) is 5.58. The van der Waals surface area contributed by atoms with E-state index in [9.17, 15) is 14.9 Å². The lowest BCUT2D eigenvalue weighted by Gasteiger charge is -2.10. The molecule has 0 radical (unpaired) electrons. The lowest BCUT2D eigenvalue weighted by atomic mass is 10.1. The highest BCUT2D eigenvalue weighted by molar-refractivity contribution is 6.10. The van der Waals surface area contributed by atoms with E-state index >= 15 is 0 Å². The average molecular weight is 450 g/mol. The molecule has 1 aromatic heterocycles. The van der Waals surface area contributed by atoms with Crippen LogP contribution in [0.1, 0.15) is 27.3 Å². The van der Waals surface area contributed by atoms with Crippen molar-refractivity contribution in [2.45, 2.75) is 13.8 Å². The van der Waals surface area contributed by atoms with E-state index in [0.29, 0.717) is 11.3 Å². The van der Waals surface area contributed by atoms with Crippen molar-refractivity contribution in [2.24, 2.45) is 0 Å². The van der Waals surface area contributed by atoms with Crippen LogP contribution in [-0.4, -0.2) is 23.6 Å². The third kappa shape index (κ3) is 4.45. The number of nitriles is 1. The summed E-state index contributed by atoms with van der Waals surface area (Å²) in [7, 11) is 1.35. The second-order valence-corrected chi connectivity index (χ2v) is 7.89. The highest BCUT2D eigenvalue weighted by Gasteiger charge is 2.15. The van der Waals surface area contributed by atoms with Crippen molar-refractivity contribution in [2.75, 3.05) is 12.4 Å². The summed E-state index contributed by atoms with van der Waals surface area (Å²) >= 11 is 0. The molecule has 0 atom stereocenters. The second kappa shape index (κ2) is 9.47. The van der Waals surface area contributed by atoms with Crippen LogP contribution in [0.25, 0.3) is 22.5 Å². The maximum absolute atomic E-state index is 12.8. The standard InChI is InChI=1S/C28H23N3O3/c1-18-14-23(19(2)31(18)26-12-9-21(10-13-26)28(33)34-3)15-24(17-29)27(32)30-25-11-8-20-6-4-5-7-22(20)16-25/h4-16H,1-3H3,(H,30,32)/b24-15-. The number of nitrogens with one attached hydrogen (secondary N) is 1. The second-order valence-electron chi connectivity index (χ2n) is 7.89. The Hall–Kier alpha value is -4.63. The molecule has 0 aliphatic carbocycles. The molecule has 3 aromatic carbocycles. The molecule has 34 heavy (non-hydrogen) atoms. The van der Waals surface area contributed by atoms with Crippen molar-refractivity contribution in [3.63, 3.8) is 0 Å². The molecule has 6 nitrogen and oxygen atoms in total. The molecule has 4 aromatic rings. The molecule has 0 spiro atoms. The molecule has 0 fully saturated rings. The SMILES string of the molecule is COC(=O)c1ccc(-n2c(C)cc(/C=C(/C#N)C(=O)Nc3ccc4ccccc4c3)c2C)cc1. The quantitative estimate of drug-likeness (QED) is 0.245. The van der Waals surface area contributed by atoms with Gasteiger partial charge in [-0.05, 0) is 78.7 Å². The summed E-state index contributed by atoms with van der Waals surface area (Å²) in [6.45, 7) is 3.86. The van der Waals surface area contributed by atoms with Gasteiger partial charge in [0.05, 0.1) is 12.7 Å². The van der Waals surface area contributed by atoms with Gasteiger partial charge < -0.3 is 14.6 Å². The summed E-state index contributed by atoms with van der Waals surface area (Å²) in [5.74, 6) is -0.864. The zero-order valence-electron chi connectivity index (χ0n) is 19.1. The first kappa shape index (κ1) is 22.6. The maximum Gasteiger partial charge on any atom is 0.337 e. The van der Waals surface area contributed by atoms with Gasteiger partial charge in [0.1, 0.15) is 11.6 Å². The summed E-state index contributed by atoms with van der Waals surface area (Å²) < 4.78 is 6.76. The molecule has 1 amide bonds. The lowest BCUT2D eigenvalue weighted by molar-refractivity contribution is -0.112. The van der Waals surface area contributed by atoms with Crippen LogP contribution >= 0.6 is 0 Å². The Balaban J connectivity index is 1.61. The van der Waals surface area contributed by atoms with Crippen LogP contribution in [0.4, 0.5) is 5.69 Å². The normalized spacial score (nSPS) is 11.2. The Morgan fingerprint density at radius 2 is 1.68 bits per heavy atom. The zero-order chi connectivity index (χ0) is 24.2. The number of aryl methyl sites for hydroxylation is 1. The summed E-state index contributed by atoms with van der Waals surface area (Å²) in [6.07, 6.45) is 1.60. The largest absolute Gasteiger partial charge is 0.465 e. The van der Waals surface area contributed by atoms with Gasteiger partial charge >= 0.3 is 5.97 Å². The zero-order valence-corrected chi connectivity index (χ0v) is 19.1. The van der Waals surface area contributed by atoms with E-state index in [1.165, 1.54) is 7.11 Å². The van der Waals surface area contributed by atoms with Crippen molar-refractivity contribution >= 4 is 34.4 Å². The summed E-state index contributed by atoms with van der Waals surface area (Å²) in [4.78, 5) is 24.5. The monoisotopic (exact) mass is 449 g/mol. The molecule has 0 aliphatic rings. The molecule has 0 unspecified atom stereocenters. The van der Waals surface area contributed by atoms with Crippen LogP contribution in [0, 0.1) is 25.2 Å². The first-order valence-corrected chi connectivity index (χ1v) is 10.7. The van der Waals surface area contributed by atoms with Gasteiger partial charge in [-0.3, -0.25) is 4.79 Å². The fourth-order valence-corrected chi connectivity index (χ4v) is 3.97. The van der Waals surface area contributed by atoms with Gasteiger partial charge in [0.15, 0.2) is 0 Å². The number of nitrogens with zero attached hydrogens (tertiary/aromatic N) is 2. The van der Waals surface area contributed by atoms with Crippen LogP contribution in [0.5, 0.6) is 0 Å². The smallest absolute Gasteiger partial charge is 0.337 e. The van der Waals surface area contributed by atoms with Crippen molar-refractivity contribution in [3.05, 3.63) is 101 Å². The molecule has 6 heteroatoms. The van der Waals surface area contributed by atoms with Gasteiger partial charge in [-0.25, -0.2) is 4.79 Å². The fourth-order valence-electron chi connectivity index (χ4n) is 3.97. The van der Waals surface area contributed by atoms with Crippen molar-refractivity contribution in [1.82, 2.24) is 4.57 Å². The highest BCUT2D eigenvalue weighted by Crippen LogP contribution is 2.24. The number of ether oxygens (including phenoxy) is 1. The van der Waals surface area contributed by atoms with E-state index in [4.69, 9.17) is 4.74 Å². The van der Waals surface area contributed by atoms with E-state index in [-0.39, 0.29) is 5.57 Å². The Morgan fingerprint density at radius 1 is 0.971 bits per heavy atom. The molecule has 0 bridgehead atoms. The summed E-state index contributed by atoms with van der Waals surface area (Å²) in [6, 6.07) is 24.5. The summed E-state index contributed by atoms with van der Waals surface area (Å²) in [5, 5.41) is 14.6. The first-order valence-electron chi connectivity index (χ1n) is 10.7. The number of hydrogen-bond donors (Lipinski definition) is 1. The van der Waals surface area contributed by atoms with E-state index < -0.39 is 11.9 Å². The van der Waals surface area contributed by atoms with Crippen LogP contribution in [0.15, 0.2) is 78.4 Å². The maximum atomic E-state index is 12.8. The van der Waals surface area contributed by atoms with E-state index in [0.717, 1.165) is 33.4 Å². The Morgan fingerprint density at radius 3 is 2.35 bits per heavy atom. The number of esters is 1.